The van der Waals surface area contributed by atoms with Crippen molar-refractivity contribution in [1.82, 2.24) is 10.2 Å². The van der Waals surface area contributed by atoms with Crippen LogP contribution in [0.25, 0.3) is 0 Å². The van der Waals surface area contributed by atoms with Crippen molar-refractivity contribution in [2.24, 2.45) is 0 Å². The number of carbonyl (C=O) groups is 3. The Balaban J connectivity index is 1.77. The van der Waals surface area contributed by atoms with Gasteiger partial charge in [-0.2, -0.15) is 13.2 Å². The normalized spacial score (nSPS) is 19.0. The largest absolute Gasteiger partial charge is 0.416 e. The zero-order valence-corrected chi connectivity index (χ0v) is 15.7. The predicted octanol–water partition coefficient (Wildman–Crippen LogP) is 3.64. The lowest BCUT2D eigenvalue weighted by Crippen LogP contribution is -2.44. The third kappa shape index (κ3) is 3.98. The van der Waals surface area contributed by atoms with Gasteiger partial charge in [0.05, 0.1) is 5.56 Å². The number of hydrogen-bond donors (Lipinski definition) is 2. The molecule has 2 aromatic carbocycles. The van der Waals surface area contributed by atoms with Crippen LogP contribution in [-0.2, 0) is 21.3 Å². The van der Waals surface area contributed by atoms with Gasteiger partial charge in [-0.3, -0.25) is 14.5 Å². The number of nitrogens with one attached hydrogen (secondary N) is 2. The highest BCUT2D eigenvalue weighted by molar-refractivity contribution is 6.10. The van der Waals surface area contributed by atoms with Crippen LogP contribution in [-0.4, -0.2) is 29.3 Å². The molecule has 0 aromatic heterocycles. The van der Waals surface area contributed by atoms with Crippen molar-refractivity contribution in [3.8, 4) is 0 Å². The van der Waals surface area contributed by atoms with Gasteiger partial charge in [0, 0.05) is 5.69 Å². The van der Waals surface area contributed by atoms with Crippen LogP contribution in [0.15, 0.2) is 48.5 Å². The van der Waals surface area contributed by atoms with Gasteiger partial charge in [0.2, 0.25) is 5.91 Å². The summed E-state index contributed by atoms with van der Waals surface area (Å²) in [5.74, 6) is -2.07. The highest BCUT2D eigenvalue weighted by Gasteiger charge is 2.51. The number of rotatable bonds is 5. The number of halogens is 4. The van der Waals surface area contributed by atoms with Gasteiger partial charge in [0.25, 0.3) is 5.91 Å². The van der Waals surface area contributed by atoms with E-state index in [1.807, 2.05) is 0 Å². The van der Waals surface area contributed by atoms with Crippen LogP contribution in [0.3, 0.4) is 0 Å². The third-order valence-corrected chi connectivity index (χ3v) is 4.82. The summed E-state index contributed by atoms with van der Waals surface area (Å²) in [6.45, 7) is 0.956. The molecule has 1 aliphatic heterocycles. The summed E-state index contributed by atoms with van der Waals surface area (Å²) in [7, 11) is 0. The van der Waals surface area contributed by atoms with Crippen LogP contribution < -0.4 is 10.6 Å². The van der Waals surface area contributed by atoms with Gasteiger partial charge in [-0.05, 0) is 42.3 Å². The van der Waals surface area contributed by atoms with Crippen molar-refractivity contribution in [3.63, 3.8) is 0 Å². The van der Waals surface area contributed by atoms with E-state index >= 15 is 0 Å². The number of carbonyl (C=O) groups excluding carboxylic acids is 3. The Hall–Kier alpha value is -3.43. The van der Waals surface area contributed by atoms with Crippen molar-refractivity contribution >= 4 is 23.5 Å². The van der Waals surface area contributed by atoms with E-state index in [1.165, 1.54) is 18.2 Å². The van der Waals surface area contributed by atoms with Gasteiger partial charge in [-0.1, -0.05) is 25.1 Å². The Kier molecular flexibility index (Phi) is 5.51. The molecule has 1 saturated heterocycles. The molecule has 4 amide bonds. The van der Waals surface area contributed by atoms with Gasteiger partial charge in [-0.25, -0.2) is 9.18 Å². The molecule has 3 rings (SSSR count). The maximum atomic E-state index is 13.2. The van der Waals surface area contributed by atoms with Crippen LogP contribution in [0, 0.1) is 5.82 Å². The van der Waals surface area contributed by atoms with Crippen molar-refractivity contribution in [1.29, 1.82) is 0 Å². The van der Waals surface area contributed by atoms with Crippen LogP contribution in [0.4, 0.5) is 28.0 Å². The molecule has 1 atom stereocenters. The molecule has 1 fully saturated rings. The van der Waals surface area contributed by atoms with Crippen molar-refractivity contribution in [2.75, 3.05) is 11.9 Å². The molecular weight excluding hydrogens is 406 g/mol. The highest BCUT2D eigenvalue weighted by atomic mass is 19.4. The number of imide groups is 1. The topological polar surface area (TPSA) is 78.5 Å². The second kappa shape index (κ2) is 7.77. The van der Waals surface area contributed by atoms with Gasteiger partial charge < -0.3 is 10.6 Å². The maximum absolute atomic E-state index is 13.2. The molecule has 0 radical (unpaired) electrons. The van der Waals surface area contributed by atoms with E-state index in [4.69, 9.17) is 0 Å². The minimum atomic E-state index is -4.58. The van der Waals surface area contributed by atoms with Gasteiger partial charge in [0.1, 0.15) is 17.9 Å². The number of nitrogens with zero attached hydrogens (tertiary/aromatic N) is 1. The molecule has 6 nitrogen and oxygen atoms in total. The summed E-state index contributed by atoms with van der Waals surface area (Å²) in [6, 6.07) is 8.18. The standard InChI is InChI=1S/C20H17F4N3O3/c1-2-19(12-6-8-14(21)9-7-12)17(29)27(18(30)26-19)11-16(28)25-15-5-3-4-13(10-15)20(22,23)24/h3-10H,2,11H2,1H3,(H,25,28)(H,26,30). The lowest BCUT2D eigenvalue weighted by Gasteiger charge is -2.25. The molecule has 158 valence electrons. The van der Waals surface area contributed by atoms with Gasteiger partial charge >= 0.3 is 12.2 Å². The number of hydrogen-bond acceptors (Lipinski definition) is 3. The van der Waals surface area contributed by atoms with Crippen LogP contribution in [0.2, 0.25) is 0 Å². The fraction of sp³-hybridized carbons (Fsp3) is 0.250. The van der Waals surface area contributed by atoms with Crippen LogP contribution in [0.1, 0.15) is 24.5 Å². The number of benzene rings is 2. The zero-order chi connectivity index (χ0) is 22.1. The zero-order valence-electron chi connectivity index (χ0n) is 15.7. The number of urea groups is 1. The third-order valence-electron chi connectivity index (χ3n) is 4.82. The first kappa shape index (κ1) is 21.3. The molecule has 2 N–H and O–H groups in total. The minimum Gasteiger partial charge on any atom is -0.325 e. The average molecular weight is 423 g/mol. The second-order valence-electron chi connectivity index (χ2n) is 6.71. The Morgan fingerprint density at radius 3 is 2.40 bits per heavy atom. The van der Waals surface area contributed by atoms with Crippen molar-refractivity contribution < 1.29 is 31.9 Å². The molecule has 30 heavy (non-hydrogen) atoms. The molecule has 0 saturated carbocycles. The van der Waals surface area contributed by atoms with Crippen LogP contribution in [0.5, 0.6) is 0 Å². The first-order chi connectivity index (χ1) is 14.1. The molecule has 0 spiro atoms. The van der Waals surface area contributed by atoms with E-state index < -0.39 is 47.5 Å². The van der Waals surface area contributed by atoms with E-state index in [9.17, 15) is 31.9 Å². The molecule has 1 heterocycles. The van der Waals surface area contributed by atoms with E-state index in [-0.39, 0.29) is 12.1 Å². The maximum Gasteiger partial charge on any atom is 0.416 e. The molecule has 1 unspecified atom stereocenters. The summed E-state index contributed by atoms with van der Waals surface area (Å²) in [4.78, 5) is 38.3. The number of alkyl halides is 3. The molecule has 2 aromatic rings. The van der Waals surface area contributed by atoms with E-state index in [1.54, 1.807) is 6.92 Å². The quantitative estimate of drug-likeness (QED) is 0.569. The molecular formula is C20H17F4N3O3. The first-order valence-corrected chi connectivity index (χ1v) is 8.94. The molecule has 10 heteroatoms. The van der Waals surface area contributed by atoms with E-state index in [0.29, 0.717) is 10.5 Å². The first-order valence-electron chi connectivity index (χ1n) is 8.94. The Morgan fingerprint density at radius 2 is 1.80 bits per heavy atom. The van der Waals surface area contributed by atoms with Crippen molar-refractivity contribution in [2.45, 2.75) is 25.1 Å². The summed E-state index contributed by atoms with van der Waals surface area (Å²) in [6.07, 6.45) is -4.43. The lowest BCUT2D eigenvalue weighted by molar-refractivity contribution is -0.137. The smallest absolute Gasteiger partial charge is 0.325 e. The molecule has 0 aliphatic carbocycles. The fourth-order valence-corrected chi connectivity index (χ4v) is 3.26. The Labute approximate surface area is 168 Å². The van der Waals surface area contributed by atoms with E-state index in [0.717, 1.165) is 30.3 Å². The molecule has 0 bridgehead atoms. The number of amides is 4. The summed E-state index contributed by atoms with van der Waals surface area (Å²) < 4.78 is 51.6. The predicted molar refractivity (Wildman–Crippen MR) is 98.7 cm³/mol. The summed E-state index contributed by atoms with van der Waals surface area (Å²) >= 11 is 0. The minimum absolute atomic E-state index is 0.123. The lowest BCUT2D eigenvalue weighted by atomic mass is 9.87. The Morgan fingerprint density at radius 1 is 1.13 bits per heavy atom. The molecule has 1 aliphatic rings. The Bertz CT molecular complexity index is 992. The summed E-state index contributed by atoms with van der Waals surface area (Å²) in [5.41, 5.74) is -2.18. The average Bonchev–Trinajstić information content (AvgIpc) is 2.93. The second-order valence-corrected chi connectivity index (χ2v) is 6.71. The SMILES string of the molecule is CCC1(c2ccc(F)cc2)NC(=O)N(CC(=O)Nc2cccc(C(F)(F)F)c2)C1=O. The van der Waals surface area contributed by atoms with Gasteiger partial charge in [0.15, 0.2) is 0 Å². The number of anilines is 1. The summed E-state index contributed by atoms with van der Waals surface area (Å²) in [5, 5.41) is 4.79. The van der Waals surface area contributed by atoms with Gasteiger partial charge in [-0.15, -0.1) is 0 Å². The van der Waals surface area contributed by atoms with E-state index in [2.05, 4.69) is 10.6 Å². The highest BCUT2D eigenvalue weighted by Crippen LogP contribution is 2.33. The van der Waals surface area contributed by atoms with Crippen LogP contribution >= 0.6 is 0 Å². The fourth-order valence-electron chi connectivity index (χ4n) is 3.26. The van der Waals surface area contributed by atoms with Crippen molar-refractivity contribution in [3.05, 3.63) is 65.5 Å². The monoisotopic (exact) mass is 423 g/mol.